The number of hydrogen-bond acceptors (Lipinski definition) is 1. The van der Waals surface area contributed by atoms with E-state index in [1.165, 1.54) is 77.1 Å². The lowest BCUT2D eigenvalue weighted by molar-refractivity contribution is 1.00. The number of para-hydroxylation sites is 1. The van der Waals surface area contributed by atoms with Crippen LogP contribution in [0.15, 0.2) is 212 Å². The molecule has 0 bridgehead atoms. The Kier molecular flexibility index (Phi) is 8.33. The molecular weight excluding hydrogens is 701 g/mol. The van der Waals surface area contributed by atoms with E-state index < -0.39 is 0 Å². The maximum absolute atomic E-state index is 2.41. The second-order valence-electron chi connectivity index (χ2n) is 15.3. The molecule has 0 spiro atoms. The molecule has 9 aromatic carbocycles. The van der Waals surface area contributed by atoms with Crippen LogP contribution in [-0.4, -0.2) is 4.57 Å². The number of anilines is 3. The monoisotopic (exact) mass is 740 g/mol. The number of benzene rings is 9. The average molecular weight is 741 g/mol. The molecule has 11 rings (SSSR count). The fraction of sp³-hybridized carbons (Fsp3) is 0.0357. The summed E-state index contributed by atoms with van der Waals surface area (Å²) in [5.41, 5.74) is 17.2. The molecule has 0 saturated carbocycles. The highest BCUT2D eigenvalue weighted by Gasteiger charge is 2.18. The van der Waals surface area contributed by atoms with Gasteiger partial charge in [0, 0.05) is 33.5 Å². The van der Waals surface area contributed by atoms with Crippen LogP contribution in [0.2, 0.25) is 0 Å². The number of nitrogens with zero attached hydrogens (tertiary/aromatic N) is 2. The van der Waals surface area contributed by atoms with Crippen molar-refractivity contribution in [3.8, 4) is 27.9 Å². The van der Waals surface area contributed by atoms with Gasteiger partial charge in [-0.15, -0.1) is 0 Å². The first-order chi connectivity index (χ1) is 28.7. The zero-order chi connectivity index (χ0) is 38.4. The summed E-state index contributed by atoms with van der Waals surface area (Å²) in [6.45, 7) is 0. The summed E-state index contributed by atoms with van der Waals surface area (Å²) in [5.74, 6) is 0. The largest absolute Gasteiger partial charge is 0.311 e. The molecule has 274 valence electrons. The van der Waals surface area contributed by atoms with Crippen molar-refractivity contribution < 1.29 is 0 Å². The van der Waals surface area contributed by atoms with E-state index in [4.69, 9.17) is 0 Å². The van der Waals surface area contributed by atoms with Crippen LogP contribution in [0, 0.1) is 0 Å². The summed E-state index contributed by atoms with van der Waals surface area (Å²) in [5, 5.41) is 5.11. The number of fused-ring (bicyclic) bond motifs is 6. The molecule has 10 aromatic rings. The number of hydrogen-bond donors (Lipinski definition) is 0. The van der Waals surface area contributed by atoms with Crippen LogP contribution in [0.1, 0.15) is 23.1 Å². The minimum atomic E-state index is 1.05. The molecule has 0 fully saturated rings. The molecule has 0 atom stereocenters. The Morgan fingerprint density at radius 1 is 0.362 bits per heavy atom. The molecule has 1 aromatic heterocycles. The van der Waals surface area contributed by atoms with E-state index in [-0.39, 0.29) is 0 Å². The van der Waals surface area contributed by atoms with Crippen molar-refractivity contribution in [2.45, 2.75) is 12.8 Å². The van der Waals surface area contributed by atoms with Gasteiger partial charge < -0.3 is 9.47 Å². The maximum Gasteiger partial charge on any atom is 0.0547 e. The highest BCUT2D eigenvalue weighted by Crippen LogP contribution is 2.40. The third-order valence-electron chi connectivity index (χ3n) is 11.9. The first-order valence-electron chi connectivity index (χ1n) is 20.2. The van der Waals surface area contributed by atoms with Crippen LogP contribution in [0.4, 0.5) is 17.1 Å². The van der Waals surface area contributed by atoms with Gasteiger partial charge in [-0.25, -0.2) is 0 Å². The van der Waals surface area contributed by atoms with E-state index >= 15 is 0 Å². The summed E-state index contributed by atoms with van der Waals surface area (Å²) in [6.07, 6.45) is 4.49. The van der Waals surface area contributed by atoms with Crippen LogP contribution in [0.5, 0.6) is 0 Å². The molecule has 0 N–H and O–H groups in total. The fourth-order valence-electron chi connectivity index (χ4n) is 8.99. The Morgan fingerprint density at radius 3 is 1.60 bits per heavy atom. The summed E-state index contributed by atoms with van der Waals surface area (Å²) < 4.78 is 2.41. The molecule has 2 nitrogen and oxygen atoms in total. The van der Waals surface area contributed by atoms with Gasteiger partial charge in [0.1, 0.15) is 0 Å². The van der Waals surface area contributed by atoms with Gasteiger partial charge in [0.25, 0.3) is 0 Å². The molecule has 1 heterocycles. The molecule has 0 amide bonds. The van der Waals surface area contributed by atoms with Crippen LogP contribution < -0.4 is 4.90 Å². The topological polar surface area (TPSA) is 8.17 Å². The summed E-state index contributed by atoms with van der Waals surface area (Å²) in [4.78, 5) is 2.37. The highest BCUT2D eigenvalue weighted by molar-refractivity contribution is 6.21. The van der Waals surface area contributed by atoms with Crippen molar-refractivity contribution in [3.05, 3.63) is 229 Å². The predicted octanol–water partition coefficient (Wildman–Crippen LogP) is 15.2. The quantitative estimate of drug-likeness (QED) is 0.158. The van der Waals surface area contributed by atoms with Gasteiger partial charge in [-0.1, -0.05) is 158 Å². The second-order valence-corrected chi connectivity index (χ2v) is 15.3. The van der Waals surface area contributed by atoms with E-state index in [0.29, 0.717) is 0 Å². The lowest BCUT2D eigenvalue weighted by atomic mass is 9.89. The van der Waals surface area contributed by atoms with Crippen molar-refractivity contribution >= 4 is 61.3 Å². The first kappa shape index (κ1) is 33.9. The Morgan fingerprint density at radius 2 is 0.897 bits per heavy atom. The lowest BCUT2D eigenvalue weighted by Crippen LogP contribution is -2.10. The van der Waals surface area contributed by atoms with Gasteiger partial charge in [0.05, 0.1) is 11.0 Å². The molecule has 0 saturated heterocycles. The molecule has 58 heavy (non-hydrogen) atoms. The van der Waals surface area contributed by atoms with E-state index in [9.17, 15) is 0 Å². The molecule has 0 unspecified atom stereocenters. The number of rotatable bonds is 7. The number of allylic oxidation sites excluding steroid dienone is 1. The summed E-state index contributed by atoms with van der Waals surface area (Å²) in [6, 6.07) is 77.4. The van der Waals surface area contributed by atoms with Gasteiger partial charge in [-0.2, -0.15) is 0 Å². The molecule has 1 aliphatic carbocycles. The highest BCUT2D eigenvalue weighted by atomic mass is 15.1. The Hall–Kier alpha value is -7.42. The van der Waals surface area contributed by atoms with Crippen LogP contribution in [0.25, 0.3) is 72.2 Å². The van der Waals surface area contributed by atoms with Gasteiger partial charge in [0.2, 0.25) is 0 Å². The Balaban J connectivity index is 0.978. The van der Waals surface area contributed by atoms with Crippen molar-refractivity contribution in [1.29, 1.82) is 0 Å². The fourth-order valence-corrected chi connectivity index (χ4v) is 8.99. The summed E-state index contributed by atoms with van der Waals surface area (Å²) >= 11 is 0. The van der Waals surface area contributed by atoms with E-state index in [2.05, 4.69) is 228 Å². The lowest BCUT2D eigenvalue weighted by Gasteiger charge is -2.26. The van der Waals surface area contributed by atoms with Gasteiger partial charge in [0.15, 0.2) is 0 Å². The van der Waals surface area contributed by atoms with Gasteiger partial charge >= 0.3 is 0 Å². The van der Waals surface area contributed by atoms with E-state index in [1.807, 2.05) is 0 Å². The molecular formula is C56H40N2. The zero-order valence-corrected chi connectivity index (χ0v) is 32.1. The normalized spacial score (nSPS) is 12.4. The van der Waals surface area contributed by atoms with Crippen molar-refractivity contribution in [3.63, 3.8) is 0 Å². The van der Waals surface area contributed by atoms with Crippen molar-refractivity contribution in [1.82, 2.24) is 4.57 Å². The average Bonchev–Trinajstić information content (AvgIpc) is 3.65. The third kappa shape index (κ3) is 5.98. The standard InChI is InChI=1S/C56H40N2/c1-2-10-39(11-3-1)41-18-20-42(21-19-41)43-24-29-48(30-25-43)57(49-31-26-44(27-32-49)47-23-22-40-12-4-5-14-46(40)38-47)50-33-35-51(36-34-50)58-54-17-9-8-16-53(54)56-52-15-7-6-13-45(52)28-37-55(56)58/h1-21,24-38H,22-23H2. The first-order valence-corrected chi connectivity index (χ1v) is 20.2. The Bertz CT molecular complexity index is 3120. The molecule has 0 aliphatic heterocycles. The minimum absolute atomic E-state index is 1.05. The van der Waals surface area contributed by atoms with Crippen molar-refractivity contribution in [2.24, 2.45) is 0 Å². The number of aryl methyl sites for hydroxylation is 1. The molecule has 1 aliphatic rings. The second kappa shape index (κ2) is 14.3. The molecule has 0 radical (unpaired) electrons. The van der Waals surface area contributed by atoms with Crippen LogP contribution in [-0.2, 0) is 6.42 Å². The minimum Gasteiger partial charge on any atom is -0.311 e. The summed E-state index contributed by atoms with van der Waals surface area (Å²) in [7, 11) is 0. The third-order valence-corrected chi connectivity index (χ3v) is 11.9. The van der Waals surface area contributed by atoms with E-state index in [0.717, 1.165) is 35.6 Å². The Labute approximate surface area is 339 Å². The van der Waals surface area contributed by atoms with Crippen LogP contribution in [0.3, 0.4) is 0 Å². The van der Waals surface area contributed by atoms with Crippen LogP contribution >= 0.6 is 0 Å². The molecule has 2 heteroatoms. The van der Waals surface area contributed by atoms with Gasteiger partial charge in [-0.05, 0) is 129 Å². The van der Waals surface area contributed by atoms with Gasteiger partial charge in [-0.3, -0.25) is 0 Å². The zero-order valence-electron chi connectivity index (χ0n) is 32.1. The number of aromatic nitrogens is 1. The smallest absolute Gasteiger partial charge is 0.0547 e. The van der Waals surface area contributed by atoms with Crippen molar-refractivity contribution in [2.75, 3.05) is 4.90 Å². The SMILES string of the molecule is C1=C(c2ccc(N(c3ccc(-c4ccc(-c5ccccc5)cc4)cc3)c3ccc(-n4c5ccccc5c5c6ccccc6ccc54)cc3)cc2)CCc2ccccc21. The maximum atomic E-state index is 2.41. The predicted molar refractivity (Wildman–Crippen MR) is 246 cm³/mol. The van der Waals surface area contributed by atoms with E-state index in [1.54, 1.807) is 0 Å².